The quantitative estimate of drug-likeness (QED) is 0.226. The van der Waals surface area contributed by atoms with E-state index < -0.39 is 9.84 Å². The number of sulfone groups is 1. The van der Waals surface area contributed by atoms with Crippen molar-refractivity contribution in [2.24, 2.45) is 0 Å². The van der Waals surface area contributed by atoms with Gasteiger partial charge in [0.1, 0.15) is 12.4 Å². The van der Waals surface area contributed by atoms with Gasteiger partial charge in [0, 0.05) is 32.2 Å². The molecule has 0 radical (unpaired) electrons. The molecule has 0 saturated carbocycles. The maximum Gasteiger partial charge on any atom is 0.152 e. The van der Waals surface area contributed by atoms with Crippen LogP contribution in [0.5, 0.6) is 5.75 Å². The lowest BCUT2D eigenvalue weighted by Gasteiger charge is -2.33. The Morgan fingerprint density at radius 3 is 2.41 bits per heavy atom. The van der Waals surface area contributed by atoms with Crippen LogP contribution in [-0.4, -0.2) is 61.9 Å². The molecule has 0 aromatic heterocycles. The summed E-state index contributed by atoms with van der Waals surface area (Å²) >= 11 is 6.76. The third-order valence-electron chi connectivity index (χ3n) is 9.55. The molecule has 0 spiro atoms. The normalized spacial score (nSPS) is 19.4. The summed E-state index contributed by atoms with van der Waals surface area (Å²) in [6.45, 7) is 13.5. The van der Waals surface area contributed by atoms with Gasteiger partial charge < -0.3 is 9.64 Å². The molecular formula is C37H47ClN2O3S. The first-order valence-corrected chi connectivity index (χ1v) is 18.2. The maximum absolute atomic E-state index is 11.7. The van der Waals surface area contributed by atoms with Gasteiger partial charge in [-0.25, -0.2) is 8.42 Å². The van der Waals surface area contributed by atoms with Crippen LogP contribution in [-0.2, 0) is 23.0 Å². The SMILES string of the molecule is Cc1cc(OCc2cccc(-c3cccc(/C=C/CCN4CCS(=O)(=O)CC4)c3C)c2C)c(Cl)cc1CN1CCCC[C@H]1C. The molecule has 2 aliphatic heterocycles. The summed E-state index contributed by atoms with van der Waals surface area (Å²) in [5, 5.41) is 0.671. The molecule has 0 aliphatic carbocycles. The first-order chi connectivity index (χ1) is 21.1. The molecule has 236 valence electrons. The van der Waals surface area contributed by atoms with E-state index in [0.717, 1.165) is 37.4 Å². The van der Waals surface area contributed by atoms with Crippen LogP contribution >= 0.6 is 11.6 Å². The van der Waals surface area contributed by atoms with Gasteiger partial charge in [-0.15, -0.1) is 0 Å². The lowest BCUT2D eigenvalue weighted by atomic mass is 9.91. The highest BCUT2D eigenvalue weighted by Gasteiger charge is 2.21. The van der Waals surface area contributed by atoms with Gasteiger partial charge in [0.25, 0.3) is 0 Å². The summed E-state index contributed by atoms with van der Waals surface area (Å²) in [7, 11) is -2.84. The monoisotopic (exact) mass is 634 g/mol. The molecule has 44 heavy (non-hydrogen) atoms. The van der Waals surface area contributed by atoms with Crippen molar-refractivity contribution in [2.75, 3.05) is 37.7 Å². The topological polar surface area (TPSA) is 49.9 Å². The number of hydrogen-bond donors (Lipinski definition) is 0. The lowest BCUT2D eigenvalue weighted by molar-refractivity contribution is 0.152. The number of piperidine rings is 1. The van der Waals surface area contributed by atoms with Crippen molar-refractivity contribution in [1.82, 2.24) is 9.80 Å². The molecule has 2 saturated heterocycles. The first-order valence-electron chi connectivity index (χ1n) is 16.0. The van der Waals surface area contributed by atoms with Crippen LogP contribution in [0.2, 0.25) is 5.02 Å². The fourth-order valence-electron chi connectivity index (χ4n) is 6.44. The molecule has 3 aromatic rings. The molecule has 2 aliphatic rings. The Labute approximate surface area is 269 Å². The van der Waals surface area contributed by atoms with E-state index in [9.17, 15) is 8.42 Å². The van der Waals surface area contributed by atoms with Crippen LogP contribution in [0.15, 0.2) is 54.6 Å². The van der Waals surface area contributed by atoms with E-state index in [4.69, 9.17) is 16.3 Å². The summed E-state index contributed by atoms with van der Waals surface area (Å²) < 4.78 is 29.7. The standard InChI is InChI=1S/C37H47ClN2O3S/c1-27-23-37(36(38)24-33(27)25-40-18-8-5-11-28(40)2)43-26-32-14-10-16-35(30(32)4)34-15-9-13-31(29(34)3)12-6-7-17-39-19-21-44(41,42)22-20-39/h6,9-10,12-16,23-24,28H,5,7-8,11,17-22,25-26H2,1-4H3/b12-6+/t28-/m1/s1. The fourth-order valence-corrected chi connectivity index (χ4v) is 7.96. The predicted octanol–water partition coefficient (Wildman–Crippen LogP) is 8.02. The zero-order chi connectivity index (χ0) is 31.3. The van der Waals surface area contributed by atoms with Gasteiger partial charge in [-0.3, -0.25) is 4.90 Å². The molecule has 5 nitrogen and oxygen atoms in total. The van der Waals surface area contributed by atoms with Gasteiger partial charge in [0.05, 0.1) is 16.5 Å². The average Bonchev–Trinajstić information content (AvgIpc) is 2.99. The minimum absolute atomic E-state index is 0.276. The lowest BCUT2D eigenvalue weighted by Crippen LogP contribution is -2.40. The Balaban J connectivity index is 1.24. The molecule has 0 unspecified atom stereocenters. The van der Waals surface area contributed by atoms with E-state index in [1.165, 1.54) is 58.2 Å². The summed E-state index contributed by atoms with van der Waals surface area (Å²) in [5.74, 6) is 1.29. The van der Waals surface area contributed by atoms with E-state index >= 15 is 0 Å². The second-order valence-corrected chi connectivity index (χ2v) is 15.3. The van der Waals surface area contributed by atoms with Crippen LogP contribution in [0.1, 0.15) is 66.0 Å². The van der Waals surface area contributed by atoms with Crippen molar-refractivity contribution < 1.29 is 13.2 Å². The molecular weight excluding hydrogens is 588 g/mol. The number of nitrogens with zero attached hydrogens (tertiary/aromatic N) is 2. The number of benzene rings is 3. The zero-order valence-corrected chi connectivity index (χ0v) is 28.3. The molecule has 1 atom stereocenters. The predicted molar refractivity (Wildman–Crippen MR) is 184 cm³/mol. The Kier molecular flexibility index (Phi) is 10.9. The number of aryl methyl sites for hydroxylation is 1. The van der Waals surface area contributed by atoms with Gasteiger partial charge in [0.2, 0.25) is 0 Å². The van der Waals surface area contributed by atoms with E-state index in [1.807, 2.05) is 0 Å². The largest absolute Gasteiger partial charge is 0.487 e. The Morgan fingerprint density at radius 2 is 1.66 bits per heavy atom. The maximum atomic E-state index is 11.7. The molecule has 2 fully saturated rings. The van der Waals surface area contributed by atoms with Crippen LogP contribution in [0.3, 0.4) is 0 Å². The third-order valence-corrected chi connectivity index (χ3v) is 11.5. The molecule has 0 amide bonds. The van der Waals surface area contributed by atoms with Crippen LogP contribution in [0.4, 0.5) is 0 Å². The highest BCUT2D eigenvalue weighted by atomic mass is 35.5. The summed E-state index contributed by atoms with van der Waals surface area (Å²) in [6.07, 6.45) is 9.16. The Hall–Kier alpha value is -2.64. The highest BCUT2D eigenvalue weighted by Crippen LogP contribution is 2.33. The zero-order valence-electron chi connectivity index (χ0n) is 26.7. The van der Waals surface area contributed by atoms with E-state index in [2.05, 4.69) is 98.2 Å². The summed E-state index contributed by atoms with van der Waals surface area (Å²) in [6, 6.07) is 17.7. The van der Waals surface area contributed by atoms with Crippen molar-refractivity contribution in [3.63, 3.8) is 0 Å². The highest BCUT2D eigenvalue weighted by molar-refractivity contribution is 7.91. The minimum Gasteiger partial charge on any atom is -0.487 e. The number of ether oxygens (including phenoxy) is 1. The number of halogens is 1. The average molecular weight is 635 g/mol. The summed E-state index contributed by atoms with van der Waals surface area (Å²) in [4.78, 5) is 4.81. The Morgan fingerprint density at radius 1 is 0.932 bits per heavy atom. The van der Waals surface area contributed by atoms with Crippen molar-refractivity contribution in [1.29, 1.82) is 0 Å². The number of rotatable bonds is 10. The third kappa shape index (κ3) is 8.14. The van der Waals surface area contributed by atoms with E-state index in [0.29, 0.717) is 30.8 Å². The first kappa shape index (κ1) is 32.7. The van der Waals surface area contributed by atoms with Crippen LogP contribution in [0.25, 0.3) is 17.2 Å². The molecule has 2 heterocycles. The molecule has 5 rings (SSSR count). The molecule has 3 aromatic carbocycles. The van der Waals surface area contributed by atoms with Gasteiger partial charge in [-0.1, -0.05) is 66.6 Å². The Bertz CT molecular complexity index is 1590. The van der Waals surface area contributed by atoms with Gasteiger partial charge in [0.15, 0.2) is 9.84 Å². The number of hydrogen-bond acceptors (Lipinski definition) is 5. The van der Waals surface area contributed by atoms with Crippen molar-refractivity contribution in [3.8, 4) is 16.9 Å². The van der Waals surface area contributed by atoms with Crippen molar-refractivity contribution in [2.45, 2.75) is 72.6 Å². The second-order valence-electron chi connectivity index (χ2n) is 12.6. The van der Waals surface area contributed by atoms with Crippen molar-refractivity contribution in [3.05, 3.63) is 93.0 Å². The second kappa shape index (κ2) is 14.6. The van der Waals surface area contributed by atoms with Gasteiger partial charge in [-0.05, 0) is 110 Å². The molecule has 0 bridgehead atoms. The van der Waals surface area contributed by atoms with Gasteiger partial charge in [-0.2, -0.15) is 0 Å². The van der Waals surface area contributed by atoms with Crippen molar-refractivity contribution >= 4 is 27.5 Å². The summed E-state index contributed by atoms with van der Waals surface area (Å²) in [5.41, 5.74) is 9.72. The molecule has 7 heteroatoms. The smallest absolute Gasteiger partial charge is 0.152 e. The number of likely N-dealkylation sites (tertiary alicyclic amines) is 1. The van der Waals surface area contributed by atoms with Crippen LogP contribution < -0.4 is 4.74 Å². The molecule has 0 N–H and O–H groups in total. The fraction of sp³-hybridized carbons (Fsp3) is 0.459. The van der Waals surface area contributed by atoms with Gasteiger partial charge >= 0.3 is 0 Å². The van der Waals surface area contributed by atoms with E-state index in [-0.39, 0.29) is 11.5 Å². The van der Waals surface area contributed by atoms with E-state index in [1.54, 1.807) is 0 Å². The minimum atomic E-state index is -2.84. The van der Waals surface area contributed by atoms with Crippen LogP contribution in [0, 0.1) is 20.8 Å².